The van der Waals surface area contributed by atoms with Crippen molar-refractivity contribution in [3.05, 3.63) is 119 Å². The molecule has 0 saturated heterocycles. The minimum absolute atomic E-state index is 0.124. The Bertz CT molecular complexity index is 1710. The molecule has 0 saturated carbocycles. The highest BCUT2D eigenvalue weighted by atomic mass is 32.2. The van der Waals surface area contributed by atoms with Gasteiger partial charge < -0.3 is 9.30 Å². The molecule has 1 heterocycles. The minimum Gasteiger partial charge on any atom is -0.462 e. The number of carbonyl (C=O) groups is 2. The van der Waals surface area contributed by atoms with Crippen LogP contribution in [0, 0.1) is 20.8 Å². The van der Waals surface area contributed by atoms with E-state index in [-0.39, 0.29) is 17.3 Å². The molecule has 1 atom stereocenters. The highest BCUT2D eigenvalue weighted by Crippen LogP contribution is 2.22. The molecule has 3 aromatic carbocycles. The Morgan fingerprint density at radius 1 is 0.955 bits per heavy atom. The molecule has 4 aromatic rings. The minimum atomic E-state index is -3.88. The van der Waals surface area contributed by atoms with E-state index in [0.717, 1.165) is 41.0 Å². The number of benzene rings is 3. The molecule has 0 bridgehead atoms. The third-order valence-electron chi connectivity index (χ3n) is 7.18. The number of nitrogens with one attached hydrogen (secondary N) is 2. The van der Waals surface area contributed by atoms with Crippen molar-refractivity contribution in [3.8, 4) is 5.69 Å². The van der Waals surface area contributed by atoms with Gasteiger partial charge in [0, 0.05) is 29.1 Å². The summed E-state index contributed by atoms with van der Waals surface area (Å²) in [6, 6.07) is 23.8. The summed E-state index contributed by atoms with van der Waals surface area (Å²) in [5.41, 5.74) is 8.15. The molecule has 0 radical (unpaired) electrons. The maximum Gasteiger partial charge on any atom is 0.338 e. The fourth-order valence-electron chi connectivity index (χ4n) is 4.75. The summed E-state index contributed by atoms with van der Waals surface area (Å²) in [6.07, 6.45) is 3.19. The SMILES string of the molecule is CCCCOC(=O)c1ccc(-n2c(C)cc(/C=N\NC(=O)C[C@@H](NS(=O)(=O)c3ccc(C)cc3)c3ccccc3)c2C)cc1. The molecule has 1 amide bonds. The molecule has 0 unspecified atom stereocenters. The van der Waals surface area contributed by atoms with Crippen molar-refractivity contribution >= 4 is 28.1 Å². The van der Waals surface area contributed by atoms with E-state index >= 15 is 0 Å². The van der Waals surface area contributed by atoms with Gasteiger partial charge in [-0.2, -0.15) is 5.10 Å². The molecule has 0 fully saturated rings. The third kappa shape index (κ3) is 8.30. The number of sulfonamides is 1. The number of rotatable bonds is 13. The number of amides is 1. The second-order valence-corrected chi connectivity index (χ2v) is 12.3. The molecule has 10 heteroatoms. The van der Waals surface area contributed by atoms with Crippen LogP contribution in [-0.2, 0) is 19.6 Å². The molecule has 4 rings (SSSR count). The van der Waals surface area contributed by atoms with Crippen LogP contribution in [0.1, 0.15) is 70.7 Å². The zero-order valence-electron chi connectivity index (χ0n) is 25.4. The van der Waals surface area contributed by atoms with E-state index in [1.54, 1.807) is 54.7 Å². The van der Waals surface area contributed by atoms with E-state index in [9.17, 15) is 18.0 Å². The number of carbonyl (C=O) groups excluding carboxylic acids is 2. The van der Waals surface area contributed by atoms with Crippen LogP contribution in [0.4, 0.5) is 0 Å². The third-order valence-corrected chi connectivity index (χ3v) is 8.66. The first kappa shape index (κ1) is 32.4. The van der Waals surface area contributed by atoms with Crippen molar-refractivity contribution < 1.29 is 22.7 Å². The van der Waals surface area contributed by atoms with E-state index in [0.29, 0.717) is 17.7 Å². The average molecular weight is 615 g/mol. The average Bonchev–Trinajstić information content (AvgIpc) is 3.29. The summed E-state index contributed by atoms with van der Waals surface area (Å²) in [5.74, 6) is -0.788. The zero-order chi connectivity index (χ0) is 31.7. The Kier molecular flexibility index (Phi) is 10.9. The largest absolute Gasteiger partial charge is 0.462 e. The Hall–Kier alpha value is -4.54. The second-order valence-electron chi connectivity index (χ2n) is 10.6. The molecule has 2 N–H and O–H groups in total. The first-order valence-corrected chi connectivity index (χ1v) is 16.0. The fourth-order valence-corrected chi connectivity index (χ4v) is 5.97. The van der Waals surface area contributed by atoms with E-state index in [4.69, 9.17) is 4.74 Å². The van der Waals surface area contributed by atoms with Crippen LogP contribution in [0.5, 0.6) is 0 Å². The van der Waals surface area contributed by atoms with Gasteiger partial charge in [0.25, 0.3) is 0 Å². The summed E-state index contributed by atoms with van der Waals surface area (Å²) < 4.78 is 36.2. The molecule has 230 valence electrons. The highest BCUT2D eigenvalue weighted by Gasteiger charge is 2.24. The van der Waals surface area contributed by atoms with Gasteiger partial charge in [0.1, 0.15) is 0 Å². The lowest BCUT2D eigenvalue weighted by Crippen LogP contribution is -2.32. The zero-order valence-corrected chi connectivity index (χ0v) is 26.2. The molecule has 0 spiro atoms. The van der Waals surface area contributed by atoms with Gasteiger partial charge >= 0.3 is 5.97 Å². The molecule has 44 heavy (non-hydrogen) atoms. The van der Waals surface area contributed by atoms with E-state index in [1.807, 2.05) is 56.5 Å². The van der Waals surface area contributed by atoms with Gasteiger partial charge in [-0.3, -0.25) is 4.79 Å². The summed E-state index contributed by atoms with van der Waals surface area (Å²) >= 11 is 0. The number of hydrogen-bond donors (Lipinski definition) is 2. The lowest BCUT2D eigenvalue weighted by Gasteiger charge is -2.18. The van der Waals surface area contributed by atoms with Gasteiger partial charge in [0.2, 0.25) is 15.9 Å². The van der Waals surface area contributed by atoms with Crippen molar-refractivity contribution in [3.63, 3.8) is 0 Å². The van der Waals surface area contributed by atoms with Crippen molar-refractivity contribution in [1.29, 1.82) is 0 Å². The number of aromatic nitrogens is 1. The Balaban J connectivity index is 1.44. The van der Waals surface area contributed by atoms with Crippen LogP contribution in [0.25, 0.3) is 5.69 Å². The Labute approximate surface area is 259 Å². The van der Waals surface area contributed by atoms with Crippen LogP contribution in [-0.4, -0.2) is 37.7 Å². The molecular formula is C34H38N4O5S. The summed E-state index contributed by atoms with van der Waals surface area (Å²) in [4.78, 5) is 25.3. The summed E-state index contributed by atoms with van der Waals surface area (Å²) in [7, 11) is -3.88. The van der Waals surface area contributed by atoms with Crippen LogP contribution in [0.15, 0.2) is 94.9 Å². The second kappa shape index (κ2) is 14.8. The number of unbranched alkanes of at least 4 members (excludes halogenated alkanes) is 1. The summed E-state index contributed by atoms with van der Waals surface area (Å²) in [5, 5.41) is 4.16. The molecule has 9 nitrogen and oxygen atoms in total. The van der Waals surface area contributed by atoms with Gasteiger partial charge in [-0.1, -0.05) is 61.4 Å². The number of esters is 1. The van der Waals surface area contributed by atoms with Crippen LogP contribution >= 0.6 is 0 Å². The van der Waals surface area contributed by atoms with Crippen LogP contribution in [0.3, 0.4) is 0 Å². The lowest BCUT2D eigenvalue weighted by atomic mass is 10.0. The standard InChI is InChI=1S/C34H38N4O5S/c1-5-6-20-43-34(40)28-14-16-30(17-15-28)38-25(3)21-29(26(38)4)23-35-36-33(39)22-32(27-10-8-7-9-11-27)37-44(41,42)31-18-12-24(2)13-19-31/h7-19,21,23,32,37H,5-6,20,22H2,1-4H3,(H,36,39)/b35-23-/t32-/m1/s1. The van der Waals surface area contributed by atoms with Crippen molar-refractivity contribution in [2.45, 2.75) is 57.9 Å². The highest BCUT2D eigenvalue weighted by molar-refractivity contribution is 7.89. The monoisotopic (exact) mass is 614 g/mol. The number of hydrazone groups is 1. The van der Waals surface area contributed by atoms with Gasteiger partial charge in [-0.05, 0) is 75.2 Å². The van der Waals surface area contributed by atoms with Gasteiger partial charge in [0.15, 0.2) is 0 Å². The first-order valence-electron chi connectivity index (χ1n) is 14.5. The molecule has 0 aliphatic rings. The Morgan fingerprint density at radius 2 is 1.64 bits per heavy atom. The quantitative estimate of drug-likeness (QED) is 0.0839. The molecule has 0 aliphatic heterocycles. The molecule has 0 aliphatic carbocycles. The first-order chi connectivity index (χ1) is 21.1. The maximum atomic E-state index is 13.1. The predicted octanol–water partition coefficient (Wildman–Crippen LogP) is 5.92. The Morgan fingerprint density at radius 3 is 2.30 bits per heavy atom. The lowest BCUT2D eigenvalue weighted by molar-refractivity contribution is -0.121. The predicted molar refractivity (Wildman–Crippen MR) is 171 cm³/mol. The number of aryl methyl sites for hydroxylation is 2. The number of hydrogen-bond acceptors (Lipinski definition) is 6. The van der Waals surface area contributed by atoms with Crippen molar-refractivity contribution in [2.24, 2.45) is 5.10 Å². The van der Waals surface area contributed by atoms with Gasteiger partial charge in [-0.15, -0.1) is 0 Å². The maximum absolute atomic E-state index is 13.1. The van der Waals surface area contributed by atoms with Gasteiger partial charge in [0.05, 0.1) is 29.3 Å². The van der Waals surface area contributed by atoms with E-state index < -0.39 is 22.0 Å². The van der Waals surface area contributed by atoms with E-state index in [1.165, 1.54) is 12.1 Å². The van der Waals surface area contributed by atoms with Crippen LogP contribution in [0.2, 0.25) is 0 Å². The number of nitrogens with zero attached hydrogens (tertiary/aromatic N) is 2. The fraction of sp³-hybridized carbons (Fsp3) is 0.265. The number of ether oxygens (including phenoxy) is 1. The molecular weight excluding hydrogens is 576 g/mol. The molecule has 1 aromatic heterocycles. The van der Waals surface area contributed by atoms with Gasteiger partial charge in [-0.25, -0.2) is 23.4 Å². The van der Waals surface area contributed by atoms with Crippen molar-refractivity contribution in [2.75, 3.05) is 6.61 Å². The van der Waals surface area contributed by atoms with E-state index in [2.05, 4.69) is 15.2 Å². The normalized spacial score (nSPS) is 12.3. The van der Waals surface area contributed by atoms with Crippen molar-refractivity contribution in [1.82, 2.24) is 14.7 Å². The topological polar surface area (TPSA) is 119 Å². The summed E-state index contributed by atoms with van der Waals surface area (Å²) in [6.45, 7) is 8.22. The van der Waals surface area contributed by atoms with Crippen LogP contribution < -0.4 is 10.1 Å². The smallest absolute Gasteiger partial charge is 0.338 e.